The van der Waals surface area contributed by atoms with E-state index in [4.69, 9.17) is 19.2 Å². The first-order chi connectivity index (χ1) is 7.79. The van der Waals surface area contributed by atoms with Gasteiger partial charge in [0.25, 0.3) is 0 Å². The topological polar surface area (TPSA) is 36.9 Å². The van der Waals surface area contributed by atoms with E-state index in [9.17, 15) is 0 Å². The van der Waals surface area contributed by atoms with Crippen molar-refractivity contribution in [1.29, 1.82) is 0 Å². The number of hydrogen-bond acceptors (Lipinski definition) is 4. The van der Waals surface area contributed by atoms with E-state index in [2.05, 4.69) is 20.8 Å². The van der Waals surface area contributed by atoms with Crippen molar-refractivity contribution in [2.75, 3.05) is 0 Å². The van der Waals surface area contributed by atoms with Crippen LogP contribution in [0, 0.1) is 5.92 Å². The molecule has 4 fully saturated rings. The summed E-state index contributed by atoms with van der Waals surface area (Å²) < 4.78 is 12.1. The van der Waals surface area contributed by atoms with E-state index >= 15 is 0 Å². The Balaban J connectivity index is 2.01. The highest BCUT2D eigenvalue weighted by Crippen LogP contribution is 2.55. The highest BCUT2D eigenvalue weighted by molar-refractivity contribution is 5.12. The third-order valence-corrected chi connectivity index (χ3v) is 4.56. The van der Waals surface area contributed by atoms with Crippen molar-refractivity contribution in [2.45, 2.75) is 76.7 Å². The fourth-order valence-corrected chi connectivity index (χ4v) is 3.36. The van der Waals surface area contributed by atoms with Crippen LogP contribution in [-0.4, -0.2) is 29.2 Å². The summed E-state index contributed by atoms with van der Waals surface area (Å²) in [4.78, 5) is 11.4. The summed E-state index contributed by atoms with van der Waals surface area (Å²) >= 11 is 0. The molecule has 17 heavy (non-hydrogen) atoms. The smallest absolute Gasteiger partial charge is 0.164 e. The van der Waals surface area contributed by atoms with Crippen LogP contribution in [-0.2, 0) is 19.2 Å². The number of hydrogen-bond donors (Lipinski definition) is 0. The third-order valence-electron chi connectivity index (χ3n) is 4.56. The molecule has 3 saturated heterocycles. The Labute approximate surface area is 102 Å². The van der Waals surface area contributed by atoms with Crippen LogP contribution in [0.4, 0.5) is 0 Å². The summed E-state index contributed by atoms with van der Waals surface area (Å²) in [6.07, 6.45) is 1.89. The second-order valence-corrected chi connectivity index (χ2v) is 6.57. The maximum atomic E-state index is 6.09. The van der Waals surface area contributed by atoms with Gasteiger partial charge in [-0.25, -0.2) is 9.78 Å². The van der Waals surface area contributed by atoms with Gasteiger partial charge in [0, 0.05) is 0 Å². The second-order valence-electron chi connectivity index (χ2n) is 6.57. The Kier molecular flexibility index (Phi) is 2.26. The molecule has 0 N–H and O–H groups in total. The molecule has 0 spiro atoms. The SMILES string of the molecule is CC(C)[C@]12CC[C@](C)(OO1)[C@H]1OC(C)(C)O[C@H]12. The summed E-state index contributed by atoms with van der Waals surface area (Å²) in [6, 6.07) is 0. The van der Waals surface area contributed by atoms with Crippen molar-refractivity contribution >= 4 is 0 Å². The van der Waals surface area contributed by atoms with Crippen LogP contribution in [0.2, 0.25) is 0 Å². The number of fused-ring (bicyclic) bond motifs is 2. The highest BCUT2D eigenvalue weighted by Gasteiger charge is 2.68. The average Bonchev–Trinajstić information content (AvgIpc) is 2.57. The van der Waals surface area contributed by atoms with Crippen molar-refractivity contribution in [3.63, 3.8) is 0 Å². The van der Waals surface area contributed by atoms with Crippen LogP contribution in [0.25, 0.3) is 0 Å². The fourth-order valence-electron chi connectivity index (χ4n) is 3.36. The van der Waals surface area contributed by atoms with Gasteiger partial charge in [-0.3, -0.25) is 0 Å². The first-order valence-corrected chi connectivity index (χ1v) is 6.52. The Bertz CT molecular complexity index is 328. The first-order valence-electron chi connectivity index (χ1n) is 6.52. The number of ether oxygens (including phenoxy) is 2. The van der Waals surface area contributed by atoms with Crippen LogP contribution >= 0.6 is 0 Å². The molecule has 0 radical (unpaired) electrons. The van der Waals surface area contributed by atoms with E-state index < -0.39 is 5.79 Å². The van der Waals surface area contributed by atoms with Gasteiger partial charge in [0.15, 0.2) is 5.79 Å². The molecule has 4 atom stereocenters. The minimum absolute atomic E-state index is 0.0231. The van der Waals surface area contributed by atoms with Gasteiger partial charge in [-0.2, -0.15) is 0 Å². The molecule has 1 saturated carbocycles. The minimum Gasteiger partial charge on any atom is -0.341 e. The molecule has 2 bridgehead atoms. The van der Waals surface area contributed by atoms with Crippen LogP contribution in [0.3, 0.4) is 0 Å². The monoisotopic (exact) mass is 242 g/mol. The molecule has 98 valence electrons. The van der Waals surface area contributed by atoms with Crippen molar-refractivity contribution < 1.29 is 19.2 Å². The standard InChI is InChI=1S/C13H22O4/c1-8(2)13-7-6-12(5,16-17-13)9-10(13)15-11(3,4)14-9/h8-10H,6-7H2,1-5H3/t9-,10+,12-,13-/m0/s1. The van der Waals surface area contributed by atoms with Crippen molar-refractivity contribution in [2.24, 2.45) is 5.92 Å². The number of rotatable bonds is 1. The van der Waals surface area contributed by atoms with E-state index in [0.717, 1.165) is 12.8 Å². The Morgan fingerprint density at radius 2 is 1.59 bits per heavy atom. The van der Waals surface area contributed by atoms with Crippen molar-refractivity contribution in [3.05, 3.63) is 0 Å². The van der Waals surface area contributed by atoms with Gasteiger partial charge in [-0.1, -0.05) is 13.8 Å². The van der Waals surface area contributed by atoms with Gasteiger partial charge in [0.2, 0.25) is 0 Å². The van der Waals surface area contributed by atoms with Crippen molar-refractivity contribution in [3.8, 4) is 0 Å². The molecule has 4 heteroatoms. The maximum Gasteiger partial charge on any atom is 0.164 e. The molecule has 0 aromatic rings. The Morgan fingerprint density at radius 1 is 0.941 bits per heavy atom. The fraction of sp³-hybridized carbons (Fsp3) is 1.00. The normalized spacial score (nSPS) is 51.9. The van der Waals surface area contributed by atoms with Crippen LogP contribution in [0.1, 0.15) is 47.5 Å². The lowest BCUT2D eigenvalue weighted by molar-refractivity contribution is -0.497. The summed E-state index contributed by atoms with van der Waals surface area (Å²) in [6.45, 7) is 10.3. The first kappa shape index (κ1) is 11.9. The Morgan fingerprint density at radius 3 is 2.12 bits per heavy atom. The minimum atomic E-state index is -0.544. The van der Waals surface area contributed by atoms with Crippen LogP contribution in [0.15, 0.2) is 0 Å². The summed E-state index contributed by atoms with van der Waals surface area (Å²) in [7, 11) is 0. The Hall–Kier alpha value is -0.160. The van der Waals surface area contributed by atoms with Crippen LogP contribution in [0.5, 0.6) is 0 Å². The van der Waals surface area contributed by atoms with Crippen LogP contribution < -0.4 is 0 Å². The van der Waals surface area contributed by atoms with Gasteiger partial charge in [0.05, 0.1) is 0 Å². The molecule has 3 aliphatic heterocycles. The zero-order valence-corrected chi connectivity index (χ0v) is 11.3. The third kappa shape index (κ3) is 1.44. The van der Waals surface area contributed by atoms with E-state index in [-0.39, 0.29) is 23.4 Å². The van der Waals surface area contributed by atoms with Gasteiger partial charge >= 0.3 is 0 Å². The predicted octanol–water partition coefficient (Wildman–Crippen LogP) is 2.42. The lowest BCUT2D eigenvalue weighted by Gasteiger charge is -2.56. The second kappa shape index (κ2) is 3.23. The summed E-state index contributed by atoms with van der Waals surface area (Å²) in [5.41, 5.74) is -0.717. The van der Waals surface area contributed by atoms with E-state index in [1.807, 2.05) is 13.8 Å². The van der Waals surface area contributed by atoms with Crippen molar-refractivity contribution in [1.82, 2.24) is 0 Å². The molecule has 0 aromatic heterocycles. The molecule has 0 amide bonds. The quantitative estimate of drug-likeness (QED) is 0.662. The van der Waals surface area contributed by atoms with Gasteiger partial charge in [-0.15, -0.1) is 0 Å². The molecule has 0 unspecified atom stereocenters. The maximum absolute atomic E-state index is 6.09. The molecule has 4 nitrogen and oxygen atoms in total. The molecule has 1 aliphatic carbocycles. The summed E-state index contributed by atoms with van der Waals surface area (Å²) in [5.74, 6) is -0.199. The van der Waals surface area contributed by atoms with Gasteiger partial charge in [0.1, 0.15) is 23.4 Å². The lowest BCUT2D eigenvalue weighted by Crippen LogP contribution is -2.69. The van der Waals surface area contributed by atoms with E-state index in [0.29, 0.717) is 5.92 Å². The molecular formula is C13H22O4. The molecule has 4 rings (SSSR count). The largest absolute Gasteiger partial charge is 0.341 e. The zero-order chi connectivity index (χ0) is 12.5. The van der Waals surface area contributed by atoms with E-state index in [1.54, 1.807) is 0 Å². The average molecular weight is 242 g/mol. The molecule has 3 heterocycles. The van der Waals surface area contributed by atoms with E-state index in [1.165, 1.54) is 0 Å². The summed E-state index contributed by atoms with van der Waals surface area (Å²) in [5, 5.41) is 0. The van der Waals surface area contributed by atoms with Gasteiger partial charge < -0.3 is 9.47 Å². The molecular weight excluding hydrogens is 220 g/mol. The van der Waals surface area contributed by atoms with Gasteiger partial charge in [-0.05, 0) is 39.5 Å². The molecule has 0 aromatic carbocycles. The zero-order valence-electron chi connectivity index (χ0n) is 11.3. The lowest BCUT2D eigenvalue weighted by atomic mass is 9.67. The highest BCUT2D eigenvalue weighted by atomic mass is 17.2. The molecule has 4 aliphatic rings. The predicted molar refractivity (Wildman–Crippen MR) is 61.2 cm³/mol.